The van der Waals surface area contributed by atoms with E-state index in [4.69, 9.17) is 16.3 Å². The fourth-order valence-corrected chi connectivity index (χ4v) is 1.99. The van der Waals surface area contributed by atoms with Crippen LogP contribution in [0, 0.1) is 0 Å². The largest absolute Gasteiger partial charge is 0.448 e. The van der Waals surface area contributed by atoms with Gasteiger partial charge in [0.05, 0.1) is 0 Å². The molecule has 1 heterocycles. The number of imide groups is 1. The van der Waals surface area contributed by atoms with Crippen LogP contribution >= 0.6 is 11.6 Å². The van der Waals surface area contributed by atoms with Gasteiger partial charge in [-0.15, -0.1) is 0 Å². The van der Waals surface area contributed by atoms with E-state index in [1.807, 2.05) is 30.3 Å². The fourth-order valence-electron chi connectivity index (χ4n) is 1.83. The normalized spacial score (nSPS) is 11.3. The van der Waals surface area contributed by atoms with Crippen molar-refractivity contribution in [1.29, 1.82) is 0 Å². The zero-order valence-electron chi connectivity index (χ0n) is 13.4. The molecule has 0 radical (unpaired) electrons. The Morgan fingerprint density at radius 2 is 1.92 bits per heavy atom. The van der Waals surface area contributed by atoms with Gasteiger partial charge < -0.3 is 10.1 Å². The Labute approximate surface area is 149 Å². The maximum atomic E-state index is 11.9. The zero-order chi connectivity index (χ0) is 18.2. The highest BCUT2D eigenvalue weighted by molar-refractivity contribution is 6.30. The predicted octanol–water partition coefficient (Wildman–Crippen LogP) is 2.31. The maximum Gasteiger partial charge on any atom is 0.357 e. The number of carbonyl (C=O) groups excluding carboxylic acids is 3. The van der Waals surface area contributed by atoms with Gasteiger partial charge >= 0.3 is 12.0 Å². The average molecular weight is 362 g/mol. The Morgan fingerprint density at radius 3 is 2.60 bits per heavy atom. The van der Waals surface area contributed by atoms with Crippen LogP contribution in [0.1, 0.15) is 23.0 Å². The van der Waals surface area contributed by atoms with Gasteiger partial charge in [-0.05, 0) is 24.6 Å². The van der Waals surface area contributed by atoms with Crippen molar-refractivity contribution >= 4 is 29.5 Å². The summed E-state index contributed by atoms with van der Waals surface area (Å²) in [5, 5.41) is 4.96. The number of hydrogen-bond acceptors (Lipinski definition) is 5. The number of carbonyl (C=O) groups is 3. The van der Waals surface area contributed by atoms with E-state index >= 15 is 0 Å². The Kier molecular flexibility index (Phi) is 6.47. The van der Waals surface area contributed by atoms with Gasteiger partial charge in [0, 0.05) is 17.8 Å². The summed E-state index contributed by atoms with van der Waals surface area (Å²) in [5.41, 5.74) is 0.859. The molecule has 1 atom stereocenters. The van der Waals surface area contributed by atoms with Crippen molar-refractivity contribution < 1.29 is 19.1 Å². The number of nitrogens with zero attached hydrogens (tertiary/aromatic N) is 1. The highest BCUT2D eigenvalue weighted by atomic mass is 35.5. The molecule has 0 saturated heterocycles. The van der Waals surface area contributed by atoms with Gasteiger partial charge in [-0.1, -0.05) is 41.9 Å². The third-order valence-electron chi connectivity index (χ3n) is 3.12. The SMILES string of the molecule is C[C@@H](OC(=O)c1cc(Cl)ccn1)C(=O)NC(=O)NCc1ccccc1. The molecule has 0 aliphatic carbocycles. The topological polar surface area (TPSA) is 97.4 Å². The molecule has 0 fully saturated rings. The van der Waals surface area contributed by atoms with Crippen molar-refractivity contribution in [2.24, 2.45) is 0 Å². The molecule has 7 nitrogen and oxygen atoms in total. The predicted molar refractivity (Wildman–Crippen MR) is 90.9 cm³/mol. The van der Waals surface area contributed by atoms with Crippen molar-refractivity contribution in [3.63, 3.8) is 0 Å². The summed E-state index contributed by atoms with van der Waals surface area (Å²) in [6.45, 7) is 1.61. The Balaban J connectivity index is 1.81. The molecule has 0 spiro atoms. The number of rotatable bonds is 5. The summed E-state index contributed by atoms with van der Waals surface area (Å²) < 4.78 is 4.96. The number of amides is 3. The molecule has 8 heteroatoms. The van der Waals surface area contributed by atoms with Gasteiger partial charge in [0.15, 0.2) is 6.10 Å². The molecule has 0 aliphatic rings. The van der Waals surface area contributed by atoms with E-state index < -0.39 is 24.0 Å². The average Bonchev–Trinajstić information content (AvgIpc) is 2.60. The number of esters is 1. The highest BCUT2D eigenvalue weighted by Gasteiger charge is 2.21. The van der Waals surface area contributed by atoms with Crippen LogP contribution in [0.4, 0.5) is 4.79 Å². The third kappa shape index (κ3) is 5.89. The molecule has 1 aromatic carbocycles. The van der Waals surface area contributed by atoms with Crippen molar-refractivity contribution in [2.45, 2.75) is 19.6 Å². The van der Waals surface area contributed by atoms with Crippen molar-refractivity contribution in [3.8, 4) is 0 Å². The van der Waals surface area contributed by atoms with Gasteiger partial charge in [0.2, 0.25) is 0 Å². The standard InChI is InChI=1S/C17H16ClN3O4/c1-11(25-16(23)14-9-13(18)7-8-19-14)15(22)21-17(24)20-10-12-5-3-2-4-6-12/h2-9,11H,10H2,1H3,(H2,20,21,22,24)/t11-/m1/s1. The Hall–Kier alpha value is -2.93. The van der Waals surface area contributed by atoms with Crippen LogP contribution in [-0.2, 0) is 16.1 Å². The van der Waals surface area contributed by atoms with Crippen molar-refractivity contribution in [1.82, 2.24) is 15.6 Å². The van der Waals surface area contributed by atoms with Crippen LogP contribution in [0.25, 0.3) is 0 Å². The summed E-state index contributed by atoms with van der Waals surface area (Å²) in [5.74, 6) is -1.56. The summed E-state index contributed by atoms with van der Waals surface area (Å²) in [6, 6.07) is 11.4. The highest BCUT2D eigenvalue weighted by Crippen LogP contribution is 2.09. The number of halogens is 1. The minimum Gasteiger partial charge on any atom is -0.448 e. The number of benzene rings is 1. The van der Waals surface area contributed by atoms with Crippen LogP contribution in [0.3, 0.4) is 0 Å². The lowest BCUT2D eigenvalue weighted by molar-refractivity contribution is -0.127. The lowest BCUT2D eigenvalue weighted by atomic mass is 10.2. The molecule has 3 amide bonds. The second-order valence-electron chi connectivity index (χ2n) is 5.06. The second kappa shape index (κ2) is 8.79. The van der Waals surface area contributed by atoms with Crippen LogP contribution in [0.15, 0.2) is 48.7 Å². The number of pyridine rings is 1. The van der Waals surface area contributed by atoms with E-state index in [1.165, 1.54) is 25.3 Å². The number of aromatic nitrogens is 1. The van der Waals surface area contributed by atoms with Gasteiger partial charge in [-0.2, -0.15) is 0 Å². The second-order valence-corrected chi connectivity index (χ2v) is 5.50. The first-order valence-corrected chi connectivity index (χ1v) is 7.78. The maximum absolute atomic E-state index is 11.9. The molecule has 2 rings (SSSR count). The number of urea groups is 1. The Bertz CT molecular complexity index is 767. The molecule has 25 heavy (non-hydrogen) atoms. The number of hydrogen-bond donors (Lipinski definition) is 2. The summed E-state index contributed by atoms with van der Waals surface area (Å²) >= 11 is 5.76. The lowest BCUT2D eigenvalue weighted by Gasteiger charge is -2.13. The molecular formula is C17H16ClN3O4. The quantitative estimate of drug-likeness (QED) is 0.796. The van der Waals surface area contributed by atoms with E-state index in [-0.39, 0.29) is 12.2 Å². The summed E-state index contributed by atoms with van der Waals surface area (Å²) in [4.78, 5) is 39.3. The van der Waals surface area contributed by atoms with Crippen molar-refractivity contribution in [2.75, 3.05) is 0 Å². The minimum absolute atomic E-state index is 0.0271. The van der Waals surface area contributed by atoms with Crippen LogP contribution < -0.4 is 10.6 Å². The van der Waals surface area contributed by atoms with E-state index in [9.17, 15) is 14.4 Å². The van der Waals surface area contributed by atoms with Crippen LogP contribution in [0.5, 0.6) is 0 Å². The molecule has 0 bridgehead atoms. The first kappa shape index (κ1) is 18.4. The minimum atomic E-state index is -1.17. The number of ether oxygens (including phenoxy) is 1. The van der Waals surface area contributed by atoms with Gasteiger partial charge in [0.25, 0.3) is 5.91 Å². The zero-order valence-corrected chi connectivity index (χ0v) is 14.1. The molecule has 130 valence electrons. The third-order valence-corrected chi connectivity index (χ3v) is 3.35. The molecule has 2 aromatic rings. The lowest BCUT2D eigenvalue weighted by Crippen LogP contribution is -2.44. The smallest absolute Gasteiger partial charge is 0.357 e. The number of nitrogens with one attached hydrogen (secondary N) is 2. The fraction of sp³-hybridized carbons (Fsp3) is 0.176. The monoisotopic (exact) mass is 361 g/mol. The molecular weight excluding hydrogens is 346 g/mol. The van der Waals surface area contributed by atoms with E-state index in [1.54, 1.807) is 0 Å². The summed E-state index contributed by atoms with van der Waals surface area (Å²) in [6.07, 6.45) is 0.177. The first-order chi connectivity index (χ1) is 12.0. The van der Waals surface area contributed by atoms with Gasteiger partial charge in [-0.3, -0.25) is 10.1 Å². The van der Waals surface area contributed by atoms with Gasteiger partial charge in [0.1, 0.15) is 5.69 Å². The van der Waals surface area contributed by atoms with Gasteiger partial charge in [-0.25, -0.2) is 14.6 Å². The van der Waals surface area contributed by atoms with Crippen molar-refractivity contribution in [3.05, 3.63) is 64.9 Å². The first-order valence-electron chi connectivity index (χ1n) is 7.41. The molecule has 0 unspecified atom stereocenters. The molecule has 0 aliphatic heterocycles. The Morgan fingerprint density at radius 1 is 1.20 bits per heavy atom. The molecule has 1 aromatic heterocycles. The molecule has 0 saturated carbocycles. The summed E-state index contributed by atoms with van der Waals surface area (Å²) in [7, 11) is 0. The van der Waals surface area contributed by atoms with Crippen LogP contribution in [-0.4, -0.2) is 29.0 Å². The van der Waals surface area contributed by atoms with Crippen LogP contribution in [0.2, 0.25) is 5.02 Å². The molecule has 2 N–H and O–H groups in total. The van der Waals surface area contributed by atoms with E-state index in [0.717, 1.165) is 5.56 Å². The van der Waals surface area contributed by atoms with E-state index in [2.05, 4.69) is 15.6 Å². The van der Waals surface area contributed by atoms with E-state index in [0.29, 0.717) is 5.02 Å².